The molecule has 3 rings (SSSR count). The predicted molar refractivity (Wildman–Crippen MR) is 87.4 cm³/mol. The van der Waals surface area contributed by atoms with Crippen LogP contribution < -0.4 is 5.32 Å². The molecular weight excluding hydrogens is 298 g/mol. The van der Waals surface area contributed by atoms with Gasteiger partial charge in [-0.25, -0.2) is 4.98 Å². The fraction of sp³-hybridized carbons (Fsp3) is 0.667. The summed E-state index contributed by atoms with van der Waals surface area (Å²) in [4.78, 5) is 4.57. The largest absolute Gasteiger partial charge is 0.371 e. The minimum Gasteiger partial charge on any atom is -0.371 e. The predicted octanol–water partition coefficient (Wildman–Crippen LogP) is 2.95. The first kappa shape index (κ1) is 15.4. The lowest BCUT2D eigenvalue weighted by Gasteiger charge is -2.20. The summed E-state index contributed by atoms with van der Waals surface area (Å²) in [5.74, 6) is 1.25. The summed E-state index contributed by atoms with van der Waals surface area (Å²) in [6, 6.07) is 0.217. The van der Waals surface area contributed by atoms with E-state index in [9.17, 15) is 0 Å². The van der Waals surface area contributed by atoms with Crippen molar-refractivity contribution in [3.05, 3.63) is 22.8 Å². The van der Waals surface area contributed by atoms with Gasteiger partial charge in [0.15, 0.2) is 0 Å². The summed E-state index contributed by atoms with van der Waals surface area (Å²) in [6.45, 7) is 9.11. The third-order valence-electron chi connectivity index (χ3n) is 4.21. The fourth-order valence-corrected chi connectivity index (χ4v) is 3.68. The highest BCUT2D eigenvalue weighted by Gasteiger charge is 2.34. The Bertz CT molecular complexity index is 663. The van der Waals surface area contributed by atoms with Gasteiger partial charge < -0.3 is 10.1 Å². The van der Waals surface area contributed by atoms with Gasteiger partial charge in [-0.15, -0.1) is 0 Å². The smallest absolute Gasteiger partial charge is 0.202 e. The number of anilines is 1. The minimum atomic E-state index is 0.0279. The summed E-state index contributed by atoms with van der Waals surface area (Å²) in [6.07, 6.45) is 0.995. The van der Waals surface area contributed by atoms with Crippen molar-refractivity contribution in [3.63, 3.8) is 0 Å². The fourth-order valence-electron chi connectivity index (χ4n) is 2.91. The van der Waals surface area contributed by atoms with E-state index in [-0.39, 0.29) is 12.1 Å². The zero-order chi connectivity index (χ0) is 15.9. The topological polar surface area (TPSA) is 64.9 Å². The summed E-state index contributed by atoms with van der Waals surface area (Å²) in [5.41, 5.74) is 3.40. The molecule has 0 aromatic carbocycles. The highest BCUT2D eigenvalue weighted by atomic mass is 32.1. The molecule has 0 radical (unpaired) electrons. The van der Waals surface area contributed by atoms with Crippen LogP contribution in [0.15, 0.2) is 0 Å². The molecule has 7 heteroatoms. The van der Waals surface area contributed by atoms with Gasteiger partial charge in [0.05, 0.1) is 11.7 Å². The lowest BCUT2D eigenvalue weighted by atomic mass is 10.0. The normalized spacial score (nSPS) is 21.7. The molecule has 0 unspecified atom stereocenters. The maximum Gasteiger partial charge on any atom is 0.202 e. The zero-order valence-corrected chi connectivity index (χ0v) is 14.6. The highest BCUT2D eigenvalue weighted by molar-refractivity contribution is 7.09. The average Bonchev–Trinajstić information content (AvgIpc) is 3.14. The van der Waals surface area contributed by atoms with Crippen molar-refractivity contribution in [3.8, 4) is 0 Å². The molecule has 1 saturated heterocycles. The molecule has 1 N–H and O–H groups in total. The summed E-state index contributed by atoms with van der Waals surface area (Å²) >= 11 is 1.43. The monoisotopic (exact) mass is 321 g/mol. The summed E-state index contributed by atoms with van der Waals surface area (Å²) in [5, 5.41) is 8.90. The molecule has 6 nitrogen and oxygen atoms in total. The van der Waals surface area contributed by atoms with E-state index in [4.69, 9.17) is 4.74 Å². The summed E-state index contributed by atoms with van der Waals surface area (Å²) < 4.78 is 12.3. The number of aryl methyl sites for hydroxylation is 2. The number of rotatable bonds is 4. The van der Waals surface area contributed by atoms with E-state index in [0.717, 1.165) is 35.4 Å². The maximum absolute atomic E-state index is 5.99. The molecule has 0 bridgehead atoms. The molecule has 1 aliphatic rings. The molecule has 1 fully saturated rings. The molecule has 0 amide bonds. The van der Waals surface area contributed by atoms with Gasteiger partial charge >= 0.3 is 0 Å². The maximum atomic E-state index is 5.99. The molecule has 0 saturated carbocycles. The first-order chi connectivity index (χ1) is 10.5. The quantitative estimate of drug-likeness (QED) is 0.938. The van der Waals surface area contributed by atoms with Gasteiger partial charge in [0.2, 0.25) is 5.13 Å². The average molecular weight is 321 g/mol. The molecule has 3 heterocycles. The van der Waals surface area contributed by atoms with Crippen LogP contribution in [-0.4, -0.2) is 31.8 Å². The number of nitrogens with zero attached hydrogens (tertiary/aromatic N) is 4. The molecule has 2 aromatic rings. The second-order valence-corrected chi connectivity index (χ2v) is 6.90. The Labute approximate surface area is 135 Å². The van der Waals surface area contributed by atoms with Crippen LogP contribution >= 0.6 is 11.5 Å². The third kappa shape index (κ3) is 2.75. The van der Waals surface area contributed by atoms with Crippen LogP contribution in [-0.2, 0) is 11.8 Å². The van der Waals surface area contributed by atoms with Crippen molar-refractivity contribution < 1.29 is 4.74 Å². The van der Waals surface area contributed by atoms with E-state index in [0.29, 0.717) is 5.92 Å². The Hall–Kier alpha value is -1.47. The first-order valence-electron chi connectivity index (χ1n) is 7.69. The molecular formula is C15H23N5OS. The van der Waals surface area contributed by atoms with Gasteiger partial charge in [-0.2, -0.15) is 9.47 Å². The summed E-state index contributed by atoms with van der Waals surface area (Å²) in [7, 11) is 1.98. The van der Waals surface area contributed by atoms with Crippen LogP contribution in [0.1, 0.15) is 55.1 Å². The van der Waals surface area contributed by atoms with E-state index >= 15 is 0 Å². The van der Waals surface area contributed by atoms with E-state index in [1.807, 2.05) is 18.7 Å². The molecule has 2 atom stereocenters. The van der Waals surface area contributed by atoms with Crippen molar-refractivity contribution in [2.45, 2.75) is 52.2 Å². The standard InChI is InChI=1S/C15H23N5OS/c1-8(2)14-17-15(22-19-14)16-11-6-7-21-13(11)12-9(3)18-20(5)10(12)4/h8,11,13H,6-7H2,1-5H3,(H,16,17,19)/t11-,13-/m0/s1. The Kier molecular flexibility index (Phi) is 4.18. The van der Waals surface area contributed by atoms with E-state index < -0.39 is 0 Å². The van der Waals surface area contributed by atoms with Crippen LogP contribution in [0.3, 0.4) is 0 Å². The molecule has 22 heavy (non-hydrogen) atoms. The van der Waals surface area contributed by atoms with Gasteiger partial charge in [0, 0.05) is 42.4 Å². The van der Waals surface area contributed by atoms with Gasteiger partial charge in [0.25, 0.3) is 0 Å². The van der Waals surface area contributed by atoms with Crippen LogP contribution in [0.2, 0.25) is 0 Å². The Balaban J connectivity index is 1.81. The molecule has 0 spiro atoms. The van der Waals surface area contributed by atoms with E-state index in [1.54, 1.807) is 0 Å². The second-order valence-electron chi connectivity index (χ2n) is 6.15. The van der Waals surface area contributed by atoms with Crippen molar-refractivity contribution >= 4 is 16.7 Å². The Morgan fingerprint density at radius 2 is 2.14 bits per heavy atom. The van der Waals surface area contributed by atoms with Crippen LogP contribution in [0.5, 0.6) is 0 Å². The van der Waals surface area contributed by atoms with Crippen molar-refractivity contribution in [1.82, 2.24) is 19.1 Å². The van der Waals surface area contributed by atoms with Crippen LogP contribution in [0, 0.1) is 13.8 Å². The number of nitrogens with one attached hydrogen (secondary N) is 1. The van der Waals surface area contributed by atoms with Gasteiger partial charge in [-0.1, -0.05) is 13.8 Å². The Morgan fingerprint density at radius 1 is 1.36 bits per heavy atom. The third-order valence-corrected chi connectivity index (χ3v) is 4.87. The molecule has 2 aromatic heterocycles. The van der Waals surface area contributed by atoms with E-state index in [1.165, 1.54) is 17.1 Å². The Morgan fingerprint density at radius 3 is 2.73 bits per heavy atom. The minimum absolute atomic E-state index is 0.0279. The van der Waals surface area contributed by atoms with Crippen molar-refractivity contribution in [1.29, 1.82) is 0 Å². The second kappa shape index (κ2) is 5.96. The number of hydrogen-bond acceptors (Lipinski definition) is 6. The SMILES string of the molecule is Cc1nn(C)c(C)c1[C@H]1OCC[C@@H]1Nc1nc(C(C)C)ns1. The molecule has 0 aliphatic carbocycles. The zero-order valence-electron chi connectivity index (χ0n) is 13.8. The van der Waals surface area contributed by atoms with Gasteiger partial charge in [-0.05, 0) is 20.3 Å². The lowest BCUT2D eigenvalue weighted by molar-refractivity contribution is 0.106. The van der Waals surface area contributed by atoms with Crippen molar-refractivity contribution in [2.24, 2.45) is 7.05 Å². The van der Waals surface area contributed by atoms with E-state index in [2.05, 4.69) is 40.5 Å². The van der Waals surface area contributed by atoms with Crippen LogP contribution in [0.4, 0.5) is 5.13 Å². The number of aromatic nitrogens is 4. The van der Waals surface area contributed by atoms with Crippen LogP contribution in [0.25, 0.3) is 0 Å². The van der Waals surface area contributed by atoms with Crippen molar-refractivity contribution in [2.75, 3.05) is 11.9 Å². The molecule has 120 valence electrons. The number of hydrogen-bond donors (Lipinski definition) is 1. The van der Waals surface area contributed by atoms with Gasteiger partial charge in [0.1, 0.15) is 11.9 Å². The van der Waals surface area contributed by atoms with Gasteiger partial charge in [-0.3, -0.25) is 4.68 Å². The number of ether oxygens (including phenoxy) is 1. The highest BCUT2D eigenvalue weighted by Crippen LogP contribution is 2.35. The first-order valence-corrected chi connectivity index (χ1v) is 8.46. The molecule has 1 aliphatic heterocycles. The lowest BCUT2D eigenvalue weighted by Crippen LogP contribution is -2.24.